The van der Waals surface area contributed by atoms with E-state index in [1.807, 2.05) is 39.0 Å². The van der Waals surface area contributed by atoms with Crippen LogP contribution in [-0.2, 0) is 20.9 Å². The highest BCUT2D eigenvalue weighted by Gasteiger charge is 2.26. The first kappa shape index (κ1) is 19.4. The molecule has 0 aliphatic rings. The largest absolute Gasteiger partial charge is 0.466 e. The topological polar surface area (TPSA) is 46.6 Å². The molecule has 4 heteroatoms. The molecule has 1 aromatic rings. The molecule has 0 radical (unpaired) electrons. The highest BCUT2D eigenvalue weighted by atomic mass is 16.5. The third-order valence-electron chi connectivity index (χ3n) is 3.98. The summed E-state index contributed by atoms with van der Waals surface area (Å²) in [5, 5.41) is 0. The van der Waals surface area contributed by atoms with Gasteiger partial charge in [-0.05, 0) is 32.4 Å². The van der Waals surface area contributed by atoms with Crippen molar-refractivity contribution in [2.45, 2.75) is 47.1 Å². The minimum Gasteiger partial charge on any atom is -0.466 e. The van der Waals surface area contributed by atoms with Crippen molar-refractivity contribution in [2.75, 3.05) is 19.7 Å². The van der Waals surface area contributed by atoms with Gasteiger partial charge in [-0.2, -0.15) is 0 Å². The first-order chi connectivity index (χ1) is 10.8. The fourth-order valence-corrected chi connectivity index (χ4v) is 2.41. The van der Waals surface area contributed by atoms with Gasteiger partial charge < -0.3 is 4.74 Å². The van der Waals surface area contributed by atoms with E-state index in [-0.39, 0.29) is 11.8 Å². The standard InChI is InChI=1S/C19H29NO3/c1-5-23-18(22)12-9-13-20(15-19(3,4)16(2)21)14-17-10-7-6-8-11-17/h6-8,10-11H,5,9,12-15H2,1-4H3. The maximum Gasteiger partial charge on any atom is 0.305 e. The minimum absolute atomic E-state index is 0.155. The van der Waals surface area contributed by atoms with E-state index in [4.69, 9.17) is 4.74 Å². The van der Waals surface area contributed by atoms with Crippen LogP contribution in [0.4, 0.5) is 0 Å². The monoisotopic (exact) mass is 319 g/mol. The van der Waals surface area contributed by atoms with Crippen molar-refractivity contribution in [3.63, 3.8) is 0 Å². The van der Waals surface area contributed by atoms with Gasteiger partial charge >= 0.3 is 5.97 Å². The number of rotatable bonds is 10. The molecule has 1 rings (SSSR count). The Kier molecular flexibility index (Phi) is 7.96. The van der Waals surface area contributed by atoms with Crippen molar-refractivity contribution >= 4 is 11.8 Å². The van der Waals surface area contributed by atoms with Gasteiger partial charge in [-0.15, -0.1) is 0 Å². The summed E-state index contributed by atoms with van der Waals surface area (Å²) in [6.45, 7) is 10.0. The molecule has 0 atom stereocenters. The summed E-state index contributed by atoms with van der Waals surface area (Å²) in [5.41, 5.74) is 0.821. The number of hydrogen-bond donors (Lipinski definition) is 0. The van der Waals surface area contributed by atoms with Crippen LogP contribution >= 0.6 is 0 Å². The zero-order valence-corrected chi connectivity index (χ0v) is 14.8. The summed E-state index contributed by atoms with van der Waals surface area (Å²) in [6, 6.07) is 10.2. The molecule has 1 aromatic carbocycles. The number of Topliss-reactive ketones (excluding diaryl/α,β-unsaturated/α-hetero) is 1. The van der Waals surface area contributed by atoms with E-state index in [0.29, 0.717) is 19.6 Å². The smallest absolute Gasteiger partial charge is 0.305 e. The van der Waals surface area contributed by atoms with Crippen LogP contribution in [0.3, 0.4) is 0 Å². The molecule has 0 spiro atoms. The third kappa shape index (κ3) is 7.42. The first-order valence-electron chi connectivity index (χ1n) is 8.28. The SMILES string of the molecule is CCOC(=O)CCCN(Cc1ccccc1)CC(C)(C)C(C)=O. The van der Waals surface area contributed by atoms with Crippen molar-refractivity contribution in [1.29, 1.82) is 0 Å². The Morgan fingerprint density at radius 1 is 1.17 bits per heavy atom. The minimum atomic E-state index is -0.390. The number of nitrogens with zero attached hydrogens (tertiary/aromatic N) is 1. The number of hydrogen-bond acceptors (Lipinski definition) is 4. The Balaban J connectivity index is 2.64. The second-order valence-corrected chi connectivity index (χ2v) is 6.54. The molecule has 0 unspecified atom stereocenters. The van der Waals surface area contributed by atoms with E-state index >= 15 is 0 Å². The third-order valence-corrected chi connectivity index (χ3v) is 3.98. The maximum atomic E-state index is 11.8. The highest BCUT2D eigenvalue weighted by Crippen LogP contribution is 2.20. The van der Waals surface area contributed by atoms with E-state index in [2.05, 4.69) is 17.0 Å². The Hall–Kier alpha value is -1.68. The highest BCUT2D eigenvalue weighted by molar-refractivity contribution is 5.81. The predicted molar refractivity (Wildman–Crippen MR) is 92.0 cm³/mol. The van der Waals surface area contributed by atoms with Crippen LogP contribution in [-0.4, -0.2) is 36.3 Å². The van der Waals surface area contributed by atoms with Gasteiger partial charge in [0.15, 0.2) is 0 Å². The van der Waals surface area contributed by atoms with Crippen LogP contribution in [0.2, 0.25) is 0 Å². The van der Waals surface area contributed by atoms with Gasteiger partial charge in [0.25, 0.3) is 0 Å². The number of ether oxygens (including phenoxy) is 1. The molecule has 0 aromatic heterocycles. The van der Waals surface area contributed by atoms with Gasteiger partial charge in [0.2, 0.25) is 0 Å². The molecule has 0 aliphatic heterocycles. The predicted octanol–water partition coefficient (Wildman–Crippen LogP) is 3.45. The lowest BCUT2D eigenvalue weighted by atomic mass is 9.88. The van der Waals surface area contributed by atoms with Crippen LogP contribution < -0.4 is 0 Å². The van der Waals surface area contributed by atoms with E-state index in [1.54, 1.807) is 6.92 Å². The molecule has 0 fully saturated rings. The lowest BCUT2D eigenvalue weighted by Gasteiger charge is -2.31. The fourth-order valence-electron chi connectivity index (χ4n) is 2.41. The van der Waals surface area contributed by atoms with Gasteiger partial charge in [0.05, 0.1) is 6.61 Å². The zero-order chi connectivity index (χ0) is 17.3. The van der Waals surface area contributed by atoms with Crippen molar-refractivity contribution in [2.24, 2.45) is 5.41 Å². The summed E-state index contributed by atoms with van der Waals surface area (Å²) >= 11 is 0. The number of ketones is 1. The van der Waals surface area contributed by atoms with Gasteiger partial charge in [-0.1, -0.05) is 44.2 Å². The second kappa shape index (κ2) is 9.46. The number of carbonyl (C=O) groups excluding carboxylic acids is 2. The van der Waals surface area contributed by atoms with Crippen LogP contribution in [0.5, 0.6) is 0 Å². The summed E-state index contributed by atoms with van der Waals surface area (Å²) in [4.78, 5) is 25.5. The van der Waals surface area contributed by atoms with Crippen LogP contribution in [0.25, 0.3) is 0 Å². The molecule has 23 heavy (non-hydrogen) atoms. The lowest BCUT2D eigenvalue weighted by Crippen LogP contribution is -2.38. The van der Waals surface area contributed by atoms with E-state index in [0.717, 1.165) is 19.5 Å². The van der Waals surface area contributed by atoms with Crippen molar-refractivity contribution in [1.82, 2.24) is 4.90 Å². The molecule has 0 saturated heterocycles. The molecule has 128 valence electrons. The molecular weight excluding hydrogens is 290 g/mol. The molecule has 0 amide bonds. The number of benzene rings is 1. The van der Waals surface area contributed by atoms with E-state index < -0.39 is 5.41 Å². The quantitative estimate of drug-likeness (QED) is 0.620. The maximum absolute atomic E-state index is 11.8. The van der Waals surface area contributed by atoms with Gasteiger partial charge in [0, 0.05) is 24.9 Å². The van der Waals surface area contributed by atoms with Gasteiger partial charge in [0.1, 0.15) is 5.78 Å². The first-order valence-corrected chi connectivity index (χ1v) is 8.28. The van der Waals surface area contributed by atoms with Gasteiger partial charge in [-0.25, -0.2) is 0 Å². The summed E-state index contributed by atoms with van der Waals surface area (Å²) < 4.78 is 4.97. The second-order valence-electron chi connectivity index (χ2n) is 6.54. The molecule has 0 N–H and O–H groups in total. The normalized spacial score (nSPS) is 11.5. The molecular formula is C19H29NO3. The van der Waals surface area contributed by atoms with Gasteiger partial charge in [-0.3, -0.25) is 14.5 Å². The Morgan fingerprint density at radius 2 is 1.83 bits per heavy atom. The summed E-state index contributed by atoms with van der Waals surface area (Å²) in [6.07, 6.45) is 1.15. The molecule has 4 nitrogen and oxygen atoms in total. The average molecular weight is 319 g/mol. The van der Waals surface area contributed by atoms with Crippen LogP contribution in [0, 0.1) is 5.41 Å². The zero-order valence-electron chi connectivity index (χ0n) is 14.8. The molecule has 0 heterocycles. The van der Waals surface area contributed by atoms with E-state index in [9.17, 15) is 9.59 Å². The van der Waals surface area contributed by atoms with Crippen molar-refractivity contribution < 1.29 is 14.3 Å². The van der Waals surface area contributed by atoms with Crippen molar-refractivity contribution in [3.05, 3.63) is 35.9 Å². The van der Waals surface area contributed by atoms with E-state index in [1.165, 1.54) is 5.56 Å². The lowest BCUT2D eigenvalue weighted by molar-refractivity contribution is -0.143. The number of esters is 1. The van der Waals surface area contributed by atoms with Crippen molar-refractivity contribution in [3.8, 4) is 0 Å². The Morgan fingerprint density at radius 3 is 2.39 bits per heavy atom. The summed E-state index contributed by atoms with van der Waals surface area (Å²) in [7, 11) is 0. The molecule has 0 aliphatic carbocycles. The molecule has 0 bridgehead atoms. The average Bonchev–Trinajstić information content (AvgIpc) is 2.48. The Bertz CT molecular complexity index is 497. The fraction of sp³-hybridized carbons (Fsp3) is 0.579. The molecule has 0 saturated carbocycles. The Labute approximate surface area is 139 Å². The summed E-state index contributed by atoms with van der Waals surface area (Å²) in [5.74, 6) is 0.0268. The van der Waals surface area contributed by atoms with Crippen LogP contribution in [0.1, 0.15) is 46.1 Å². The van der Waals surface area contributed by atoms with Crippen LogP contribution in [0.15, 0.2) is 30.3 Å². The number of carbonyl (C=O) groups is 2.